The third kappa shape index (κ3) is 1.94. The maximum absolute atomic E-state index is 12.0. The molecule has 4 nitrogen and oxygen atoms in total. The molecule has 1 N–H and O–H groups in total. The van der Waals surface area contributed by atoms with Gasteiger partial charge >= 0.3 is 0 Å². The van der Waals surface area contributed by atoms with E-state index in [0.717, 1.165) is 6.54 Å². The van der Waals surface area contributed by atoms with E-state index in [-0.39, 0.29) is 5.91 Å². The van der Waals surface area contributed by atoms with Crippen molar-refractivity contribution >= 4 is 5.91 Å². The summed E-state index contributed by atoms with van der Waals surface area (Å²) in [5, 5.41) is 3.01. The van der Waals surface area contributed by atoms with Crippen molar-refractivity contribution in [2.45, 2.75) is 24.7 Å². The Bertz CT molecular complexity index is 649. The second-order valence-electron chi connectivity index (χ2n) is 6.45. The lowest BCUT2D eigenvalue weighted by Gasteiger charge is -2.71. The third-order valence-corrected chi connectivity index (χ3v) is 4.95. The Hall–Kier alpha value is -2.23. The van der Waals surface area contributed by atoms with Crippen LogP contribution >= 0.6 is 0 Å². The zero-order chi connectivity index (χ0) is 14.3. The summed E-state index contributed by atoms with van der Waals surface area (Å²) in [7, 11) is 0. The molecule has 3 aliphatic carbocycles. The van der Waals surface area contributed by atoms with Gasteiger partial charge in [0.05, 0.1) is 6.20 Å². The van der Waals surface area contributed by atoms with Crippen molar-refractivity contribution in [3.05, 3.63) is 60.2 Å². The molecule has 5 rings (SSSR count). The number of nitrogens with zero attached hydrogens (tertiary/aromatic N) is 2. The number of aromatic nitrogens is 2. The molecule has 0 radical (unpaired) electrons. The van der Waals surface area contributed by atoms with Gasteiger partial charge in [0.2, 0.25) is 0 Å². The van der Waals surface area contributed by atoms with Crippen molar-refractivity contribution in [1.29, 1.82) is 0 Å². The van der Waals surface area contributed by atoms with Gasteiger partial charge < -0.3 is 5.32 Å². The molecule has 2 bridgehead atoms. The fraction of sp³-hybridized carbons (Fsp3) is 0.353. The Morgan fingerprint density at radius 1 is 1.14 bits per heavy atom. The summed E-state index contributed by atoms with van der Waals surface area (Å²) in [6, 6.07) is 10.7. The highest BCUT2D eigenvalue weighted by atomic mass is 16.1. The van der Waals surface area contributed by atoms with E-state index in [1.807, 2.05) is 0 Å². The molecule has 2 aromatic rings. The van der Waals surface area contributed by atoms with Gasteiger partial charge in [-0.25, -0.2) is 4.98 Å². The molecular weight excluding hydrogens is 262 g/mol. The SMILES string of the molecule is O=C(NCC12CC(c3ccccc3)(C1)C2)c1cnccn1. The molecule has 1 aromatic heterocycles. The smallest absolute Gasteiger partial charge is 0.271 e. The van der Waals surface area contributed by atoms with E-state index in [2.05, 4.69) is 45.6 Å². The molecule has 3 aliphatic rings. The predicted octanol–water partition coefficient (Wildman–Crippen LogP) is 2.33. The van der Waals surface area contributed by atoms with E-state index in [4.69, 9.17) is 0 Å². The third-order valence-electron chi connectivity index (χ3n) is 4.95. The van der Waals surface area contributed by atoms with E-state index in [1.54, 1.807) is 12.4 Å². The minimum absolute atomic E-state index is 0.124. The molecule has 1 aromatic carbocycles. The number of hydrogen-bond acceptors (Lipinski definition) is 3. The number of amides is 1. The quantitative estimate of drug-likeness (QED) is 0.934. The average molecular weight is 279 g/mol. The van der Waals surface area contributed by atoms with Crippen LogP contribution in [-0.2, 0) is 5.41 Å². The predicted molar refractivity (Wildman–Crippen MR) is 78.8 cm³/mol. The van der Waals surface area contributed by atoms with Crippen molar-refractivity contribution in [3.8, 4) is 0 Å². The number of nitrogens with one attached hydrogen (secondary N) is 1. The van der Waals surface area contributed by atoms with E-state index < -0.39 is 0 Å². The summed E-state index contributed by atoms with van der Waals surface area (Å²) >= 11 is 0. The minimum Gasteiger partial charge on any atom is -0.350 e. The summed E-state index contributed by atoms with van der Waals surface area (Å²) in [6.45, 7) is 0.747. The molecule has 1 amide bonds. The van der Waals surface area contributed by atoms with Gasteiger partial charge in [0.15, 0.2) is 0 Å². The standard InChI is InChI=1S/C17H17N3O/c21-15(14-8-18-6-7-19-14)20-12-16-9-17(10-16,11-16)13-4-2-1-3-5-13/h1-8H,9-12H2,(H,20,21). The largest absolute Gasteiger partial charge is 0.350 e. The van der Waals surface area contributed by atoms with Crippen LogP contribution in [0.25, 0.3) is 0 Å². The molecule has 21 heavy (non-hydrogen) atoms. The summed E-state index contributed by atoms with van der Waals surface area (Å²) < 4.78 is 0. The first-order chi connectivity index (χ1) is 10.2. The van der Waals surface area contributed by atoms with Crippen LogP contribution in [0.15, 0.2) is 48.9 Å². The van der Waals surface area contributed by atoms with Crippen LogP contribution in [0, 0.1) is 5.41 Å². The Morgan fingerprint density at radius 2 is 1.90 bits per heavy atom. The van der Waals surface area contributed by atoms with Crippen LogP contribution in [0.5, 0.6) is 0 Å². The molecule has 106 valence electrons. The van der Waals surface area contributed by atoms with Crippen LogP contribution in [0.2, 0.25) is 0 Å². The van der Waals surface area contributed by atoms with Gasteiger partial charge in [-0.3, -0.25) is 9.78 Å². The van der Waals surface area contributed by atoms with E-state index >= 15 is 0 Å². The van der Waals surface area contributed by atoms with Crippen LogP contribution in [0.3, 0.4) is 0 Å². The van der Waals surface area contributed by atoms with E-state index in [0.29, 0.717) is 16.5 Å². The van der Waals surface area contributed by atoms with Crippen molar-refractivity contribution in [3.63, 3.8) is 0 Å². The molecule has 3 saturated carbocycles. The summed E-state index contributed by atoms with van der Waals surface area (Å²) in [5.41, 5.74) is 2.54. The van der Waals surface area contributed by atoms with Crippen LogP contribution in [0.4, 0.5) is 0 Å². The minimum atomic E-state index is -0.124. The first-order valence-electron chi connectivity index (χ1n) is 7.31. The second-order valence-corrected chi connectivity index (χ2v) is 6.45. The number of rotatable bonds is 4. The van der Waals surface area contributed by atoms with Crippen molar-refractivity contribution < 1.29 is 4.79 Å². The Kier molecular flexibility index (Phi) is 2.61. The molecule has 0 spiro atoms. The highest BCUT2D eigenvalue weighted by Crippen LogP contribution is 2.73. The van der Waals surface area contributed by atoms with Gasteiger partial charge in [-0.15, -0.1) is 0 Å². The van der Waals surface area contributed by atoms with Crippen molar-refractivity contribution in [2.24, 2.45) is 5.41 Å². The fourth-order valence-corrected chi connectivity index (χ4v) is 4.06. The highest BCUT2D eigenvalue weighted by Gasteiger charge is 2.67. The number of carbonyl (C=O) groups is 1. The maximum Gasteiger partial charge on any atom is 0.271 e. The monoisotopic (exact) mass is 279 g/mol. The topological polar surface area (TPSA) is 54.9 Å². The van der Waals surface area contributed by atoms with Crippen LogP contribution < -0.4 is 5.32 Å². The first-order valence-corrected chi connectivity index (χ1v) is 7.31. The molecule has 3 fully saturated rings. The average Bonchev–Trinajstić information content (AvgIpc) is 2.46. The van der Waals surface area contributed by atoms with Gasteiger partial charge in [0, 0.05) is 18.9 Å². The fourth-order valence-electron chi connectivity index (χ4n) is 4.06. The second kappa shape index (κ2) is 4.38. The van der Waals surface area contributed by atoms with Gasteiger partial charge in [-0.05, 0) is 35.7 Å². The summed E-state index contributed by atoms with van der Waals surface area (Å²) in [5.74, 6) is -0.124. The molecule has 0 unspecified atom stereocenters. The molecule has 1 heterocycles. The molecule has 0 aliphatic heterocycles. The Balaban J connectivity index is 1.35. The zero-order valence-corrected chi connectivity index (χ0v) is 11.7. The van der Waals surface area contributed by atoms with E-state index in [1.165, 1.54) is 31.0 Å². The zero-order valence-electron chi connectivity index (χ0n) is 11.7. The van der Waals surface area contributed by atoms with Crippen molar-refractivity contribution in [2.75, 3.05) is 6.54 Å². The molecular formula is C17H17N3O. The Labute approximate surface area is 123 Å². The molecule has 0 atom stereocenters. The number of benzene rings is 1. The maximum atomic E-state index is 12.0. The van der Waals surface area contributed by atoms with Gasteiger partial charge in [0.25, 0.3) is 5.91 Å². The lowest BCUT2D eigenvalue weighted by Crippen LogP contribution is -2.68. The first kappa shape index (κ1) is 12.5. The normalized spacial score (nSPS) is 29.1. The molecule has 4 heteroatoms. The van der Waals surface area contributed by atoms with Gasteiger partial charge in [0.1, 0.15) is 5.69 Å². The van der Waals surface area contributed by atoms with Gasteiger partial charge in [-0.1, -0.05) is 30.3 Å². The van der Waals surface area contributed by atoms with Crippen LogP contribution in [0.1, 0.15) is 35.3 Å². The van der Waals surface area contributed by atoms with Crippen LogP contribution in [-0.4, -0.2) is 22.4 Å². The lowest BCUT2D eigenvalue weighted by molar-refractivity contribution is -0.136. The lowest BCUT2D eigenvalue weighted by atomic mass is 9.33. The van der Waals surface area contributed by atoms with E-state index in [9.17, 15) is 4.79 Å². The number of carbonyl (C=O) groups excluding carboxylic acids is 1. The Morgan fingerprint density at radius 3 is 2.57 bits per heavy atom. The van der Waals surface area contributed by atoms with Gasteiger partial charge in [-0.2, -0.15) is 0 Å². The molecule has 0 saturated heterocycles. The highest BCUT2D eigenvalue weighted by molar-refractivity contribution is 5.91. The van der Waals surface area contributed by atoms with Crippen molar-refractivity contribution in [1.82, 2.24) is 15.3 Å². The number of hydrogen-bond donors (Lipinski definition) is 1. The summed E-state index contributed by atoms with van der Waals surface area (Å²) in [4.78, 5) is 19.9. The summed E-state index contributed by atoms with van der Waals surface area (Å²) in [6.07, 6.45) is 8.17.